The Morgan fingerprint density at radius 3 is 2.71 bits per heavy atom. The van der Waals surface area contributed by atoms with Crippen LogP contribution in [-0.2, 0) is 11.2 Å². The highest BCUT2D eigenvalue weighted by Crippen LogP contribution is 2.13. The van der Waals surface area contributed by atoms with Gasteiger partial charge in [-0.05, 0) is 36.1 Å². The first-order valence-corrected chi connectivity index (χ1v) is 5.56. The van der Waals surface area contributed by atoms with Crippen molar-refractivity contribution in [1.29, 1.82) is 0 Å². The molecule has 5 nitrogen and oxygen atoms in total. The summed E-state index contributed by atoms with van der Waals surface area (Å²) in [5.74, 6) is 0.248. The second-order valence-electron chi connectivity index (χ2n) is 3.53. The van der Waals surface area contributed by atoms with Gasteiger partial charge in [-0.2, -0.15) is 0 Å². The maximum absolute atomic E-state index is 11.4. The lowest BCUT2D eigenvalue weighted by Crippen LogP contribution is -2.08. The molecule has 0 saturated heterocycles. The van der Waals surface area contributed by atoms with Gasteiger partial charge in [0.15, 0.2) is 0 Å². The molecule has 0 unspecified atom stereocenters. The van der Waals surface area contributed by atoms with E-state index in [0.717, 1.165) is 6.42 Å². The molecule has 5 heteroatoms. The van der Waals surface area contributed by atoms with Crippen LogP contribution in [0, 0.1) is 0 Å². The summed E-state index contributed by atoms with van der Waals surface area (Å²) in [7, 11) is 0. The summed E-state index contributed by atoms with van der Waals surface area (Å²) < 4.78 is 5.12. The molecule has 0 spiro atoms. The molecule has 0 heterocycles. The van der Waals surface area contributed by atoms with Gasteiger partial charge in [-0.1, -0.05) is 24.2 Å². The van der Waals surface area contributed by atoms with Gasteiger partial charge in [-0.25, -0.2) is 0 Å². The average Bonchev–Trinajstić information content (AvgIpc) is 2.36. The third-order valence-corrected chi connectivity index (χ3v) is 2.27. The van der Waals surface area contributed by atoms with Crippen molar-refractivity contribution in [2.45, 2.75) is 26.2 Å². The Morgan fingerprint density at radius 1 is 1.41 bits per heavy atom. The highest BCUT2D eigenvalue weighted by atomic mass is 16.5. The number of esters is 1. The number of nitrogens with zero attached hydrogens (tertiary/aromatic N) is 3. The molecule has 1 aromatic carbocycles. The second-order valence-corrected chi connectivity index (χ2v) is 3.53. The van der Waals surface area contributed by atoms with E-state index in [9.17, 15) is 4.79 Å². The molecule has 0 radical (unpaired) electrons. The standard InChI is InChI=1S/C12H15N3O2/c1-2-10-5-7-11(8-6-10)17-12(16)4-3-9-14-15-13/h5-8H,2-4,9H2,1H3. The van der Waals surface area contributed by atoms with Gasteiger partial charge >= 0.3 is 5.97 Å². The number of carbonyl (C=O) groups is 1. The minimum Gasteiger partial charge on any atom is -0.427 e. The zero-order valence-electron chi connectivity index (χ0n) is 9.80. The molecule has 0 N–H and O–H groups in total. The molecule has 0 aromatic heterocycles. The first-order valence-electron chi connectivity index (χ1n) is 5.56. The van der Waals surface area contributed by atoms with E-state index in [0.29, 0.717) is 18.7 Å². The van der Waals surface area contributed by atoms with Gasteiger partial charge < -0.3 is 4.74 Å². The highest BCUT2D eigenvalue weighted by molar-refractivity contribution is 5.72. The first kappa shape index (κ1) is 13.1. The Labute approximate surface area is 100 Å². The molecule has 0 saturated carbocycles. The van der Waals surface area contributed by atoms with Crippen molar-refractivity contribution in [1.82, 2.24) is 0 Å². The predicted octanol–water partition coefficient (Wildman–Crippen LogP) is 3.24. The second kappa shape index (κ2) is 7.30. The zero-order chi connectivity index (χ0) is 12.5. The van der Waals surface area contributed by atoms with Crippen LogP contribution in [-0.4, -0.2) is 12.5 Å². The summed E-state index contributed by atoms with van der Waals surface area (Å²) in [4.78, 5) is 14.0. The van der Waals surface area contributed by atoms with Crippen molar-refractivity contribution in [2.75, 3.05) is 6.54 Å². The SMILES string of the molecule is CCc1ccc(OC(=O)CCCN=[N+]=[N-])cc1. The van der Waals surface area contributed by atoms with E-state index in [1.807, 2.05) is 12.1 Å². The van der Waals surface area contributed by atoms with Crippen LogP contribution < -0.4 is 4.74 Å². The number of carbonyl (C=O) groups excluding carboxylic acids is 1. The van der Waals surface area contributed by atoms with Gasteiger partial charge in [-0.3, -0.25) is 4.79 Å². The number of hydrogen-bond acceptors (Lipinski definition) is 3. The van der Waals surface area contributed by atoms with Crippen molar-refractivity contribution in [2.24, 2.45) is 5.11 Å². The van der Waals surface area contributed by atoms with Gasteiger partial charge in [0.05, 0.1) is 0 Å². The van der Waals surface area contributed by atoms with Gasteiger partial charge in [0.25, 0.3) is 0 Å². The third kappa shape index (κ3) is 5.04. The summed E-state index contributed by atoms with van der Waals surface area (Å²) in [5.41, 5.74) is 9.26. The van der Waals surface area contributed by atoms with Crippen LogP contribution in [0.15, 0.2) is 29.4 Å². The average molecular weight is 233 g/mol. The zero-order valence-corrected chi connectivity index (χ0v) is 9.80. The van der Waals surface area contributed by atoms with Crippen LogP contribution in [0.1, 0.15) is 25.3 Å². The summed E-state index contributed by atoms with van der Waals surface area (Å²) in [6.45, 7) is 2.39. The number of ether oxygens (including phenoxy) is 1. The number of rotatable bonds is 6. The van der Waals surface area contributed by atoms with Gasteiger partial charge in [0, 0.05) is 17.9 Å². The van der Waals surface area contributed by atoms with Crippen molar-refractivity contribution >= 4 is 5.97 Å². The van der Waals surface area contributed by atoms with Crippen LogP contribution in [0.2, 0.25) is 0 Å². The number of benzene rings is 1. The molecule has 0 aliphatic rings. The Bertz CT molecular complexity index is 408. The van der Waals surface area contributed by atoms with E-state index < -0.39 is 0 Å². The molecule has 1 aromatic rings. The minimum absolute atomic E-state index is 0.258. The van der Waals surface area contributed by atoms with Crippen LogP contribution in [0.25, 0.3) is 10.4 Å². The van der Waals surface area contributed by atoms with Crippen molar-refractivity contribution in [3.05, 3.63) is 40.3 Å². The minimum atomic E-state index is -0.303. The molecule has 90 valence electrons. The lowest BCUT2D eigenvalue weighted by molar-refractivity contribution is -0.134. The van der Waals surface area contributed by atoms with Crippen LogP contribution in [0.4, 0.5) is 0 Å². The van der Waals surface area contributed by atoms with E-state index in [4.69, 9.17) is 10.3 Å². The largest absolute Gasteiger partial charge is 0.427 e. The molecule has 0 bridgehead atoms. The first-order chi connectivity index (χ1) is 8.26. The molecule has 0 fully saturated rings. The predicted molar refractivity (Wildman–Crippen MR) is 64.7 cm³/mol. The van der Waals surface area contributed by atoms with Gasteiger partial charge in [0.2, 0.25) is 0 Å². The van der Waals surface area contributed by atoms with Gasteiger partial charge in [0.1, 0.15) is 5.75 Å². The van der Waals surface area contributed by atoms with Crippen molar-refractivity contribution < 1.29 is 9.53 Å². The van der Waals surface area contributed by atoms with Crippen molar-refractivity contribution in [3.8, 4) is 5.75 Å². The molecule has 0 aliphatic heterocycles. The highest BCUT2D eigenvalue weighted by Gasteiger charge is 2.03. The van der Waals surface area contributed by atoms with Crippen molar-refractivity contribution in [3.63, 3.8) is 0 Å². The molecular formula is C12H15N3O2. The van der Waals surface area contributed by atoms with E-state index >= 15 is 0 Å². The Kier molecular flexibility index (Phi) is 5.61. The quantitative estimate of drug-likeness (QED) is 0.189. The fraction of sp³-hybridized carbons (Fsp3) is 0.417. The summed E-state index contributed by atoms with van der Waals surface area (Å²) >= 11 is 0. The Balaban J connectivity index is 2.36. The van der Waals surface area contributed by atoms with Crippen LogP contribution >= 0.6 is 0 Å². The topological polar surface area (TPSA) is 75.1 Å². The Morgan fingerprint density at radius 2 is 2.12 bits per heavy atom. The Hall–Kier alpha value is -2.00. The molecule has 17 heavy (non-hydrogen) atoms. The van der Waals surface area contributed by atoms with E-state index in [2.05, 4.69) is 16.9 Å². The fourth-order valence-electron chi connectivity index (χ4n) is 1.31. The fourth-order valence-corrected chi connectivity index (χ4v) is 1.31. The lowest BCUT2D eigenvalue weighted by atomic mass is 10.2. The molecule has 1 rings (SSSR count). The lowest BCUT2D eigenvalue weighted by Gasteiger charge is -2.04. The van der Waals surface area contributed by atoms with Crippen LogP contribution in [0.3, 0.4) is 0 Å². The molecule has 0 aliphatic carbocycles. The van der Waals surface area contributed by atoms with Crippen LogP contribution in [0.5, 0.6) is 5.75 Å². The molecular weight excluding hydrogens is 218 g/mol. The molecule has 0 atom stereocenters. The van der Waals surface area contributed by atoms with E-state index in [1.54, 1.807) is 12.1 Å². The number of azide groups is 1. The summed E-state index contributed by atoms with van der Waals surface area (Å²) in [6.07, 6.45) is 1.73. The summed E-state index contributed by atoms with van der Waals surface area (Å²) in [6, 6.07) is 7.43. The van der Waals surface area contributed by atoms with E-state index in [1.165, 1.54) is 5.56 Å². The normalized spacial score (nSPS) is 9.47. The number of hydrogen-bond donors (Lipinski definition) is 0. The smallest absolute Gasteiger partial charge is 0.311 e. The van der Waals surface area contributed by atoms with E-state index in [-0.39, 0.29) is 12.4 Å². The maximum atomic E-state index is 11.4. The maximum Gasteiger partial charge on any atom is 0.311 e. The molecule has 0 amide bonds. The number of aryl methyl sites for hydroxylation is 1. The monoisotopic (exact) mass is 233 g/mol. The summed E-state index contributed by atoms with van der Waals surface area (Å²) in [5, 5.41) is 3.35. The third-order valence-electron chi connectivity index (χ3n) is 2.27. The van der Waals surface area contributed by atoms with Gasteiger partial charge in [-0.15, -0.1) is 0 Å².